The summed E-state index contributed by atoms with van der Waals surface area (Å²) < 4.78 is 5.79. The largest absolute Gasteiger partial charge is 0.453 e. The third-order valence-corrected chi connectivity index (χ3v) is 2.85. The number of anilines is 1. The topological polar surface area (TPSA) is 35.2 Å². The van der Waals surface area contributed by atoms with Crippen molar-refractivity contribution in [1.82, 2.24) is 0 Å². The summed E-state index contributed by atoms with van der Waals surface area (Å²) in [4.78, 5) is 0. The lowest BCUT2D eigenvalue weighted by molar-refractivity contribution is 0.481. The number of halogens is 1. The molecule has 2 aromatic carbocycles. The first-order chi connectivity index (χ1) is 8.08. The molecular weight excluding hydrogens is 234 g/mol. The number of para-hydroxylation sites is 1. The minimum Gasteiger partial charge on any atom is -0.453 e. The fraction of sp³-hybridized carbons (Fsp3) is 0.143. The molecule has 0 unspecified atom stereocenters. The average Bonchev–Trinajstić information content (AvgIpc) is 2.28. The third kappa shape index (κ3) is 2.53. The van der Waals surface area contributed by atoms with Crippen LogP contribution in [0.3, 0.4) is 0 Å². The highest BCUT2D eigenvalue weighted by atomic mass is 35.5. The second kappa shape index (κ2) is 4.68. The molecule has 0 spiro atoms. The van der Waals surface area contributed by atoms with Crippen LogP contribution in [-0.2, 0) is 0 Å². The van der Waals surface area contributed by atoms with Crippen molar-refractivity contribution >= 4 is 17.3 Å². The summed E-state index contributed by atoms with van der Waals surface area (Å²) >= 11 is 6.07. The number of hydrogen-bond acceptors (Lipinski definition) is 2. The molecule has 0 aromatic heterocycles. The van der Waals surface area contributed by atoms with E-state index in [1.165, 1.54) is 0 Å². The second-order valence-corrected chi connectivity index (χ2v) is 4.44. The molecule has 0 amide bonds. The van der Waals surface area contributed by atoms with Crippen molar-refractivity contribution in [3.63, 3.8) is 0 Å². The van der Waals surface area contributed by atoms with Gasteiger partial charge < -0.3 is 10.5 Å². The fourth-order valence-corrected chi connectivity index (χ4v) is 1.78. The van der Waals surface area contributed by atoms with E-state index in [0.29, 0.717) is 16.5 Å². The highest BCUT2D eigenvalue weighted by Gasteiger charge is 2.08. The van der Waals surface area contributed by atoms with Crippen LogP contribution in [0.4, 0.5) is 5.69 Å². The van der Waals surface area contributed by atoms with Crippen LogP contribution in [0, 0.1) is 13.8 Å². The molecule has 2 rings (SSSR count). The molecule has 0 aliphatic heterocycles. The Morgan fingerprint density at radius 2 is 1.88 bits per heavy atom. The standard InChI is InChI=1S/C14H14ClNO/c1-9-6-7-10(2)13(8-9)17-14-11(15)4-3-5-12(14)16/h3-8H,16H2,1-2H3. The molecule has 0 aliphatic rings. The minimum atomic E-state index is 0.517. The van der Waals surface area contributed by atoms with Gasteiger partial charge in [0.05, 0.1) is 10.7 Å². The van der Waals surface area contributed by atoms with E-state index in [1.54, 1.807) is 18.2 Å². The van der Waals surface area contributed by atoms with Crippen LogP contribution >= 0.6 is 11.6 Å². The van der Waals surface area contributed by atoms with Crippen LogP contribution in [0.25, 0.3) is 0 Å². The highest BCUT2D eigenvalue weighted by molar-refractivity contribution is 6.32. The van der Waals surface area contributed by atoms with Crippen LogP contribution in [0.15, 0.2) is 36.4 Å². The molecule has 2 aromatic rings. The van der Waals surface area contributed by atoms with E-state index in [4.69, 9.17) is 22.1 Å². The number of rotatable bonds is 2. The molecule has 0 bridgehead atoms. The summed E-state index contributed by atoms with van der Waals surface area (Å²) in [6.45, 7) is 4.00. The first-order valence-electron chi connectivity index (χ1n) is 5.37. The maximum Gasteiger partial charge on any atom is 0.168 e. The second-order valence-electron chi connectivity index (χ2n) is 4.03. The predicted octanol–water partition coefficient (Wildman–Crippen LogP) is 4.33. The van der Waals surface area contributed by atoms with E-state index in [-0.39, 0.29) is 0 Å². The Bertz CT molecular complexity index is 532. The molecule has 2 nitrogen and oxygen atoms in total. The van der Waals surface area contributed by atoms with E-state index in [0.717, 1.165) is 16.9 Å². The zero-order valence-corrected chi connectivity index (χ0v) is 10.6. The van der Waals surface area contributed by atoms with Gasteiger partial charge in [-0.3, -0.25) is 0 Å². The number of nitrogen functional groups attached to an aromatic ring is 1. The van der Waals surface area contributed by atoms with Gasteiger partial charge in [-0.1, -0.05) is 29.8 Å². The van der Waals surface area contributed by atoms with Crippen molar-refractivity contribution in [3.8, 4) is 11.5 Å². The molecule has 0 heterocycles. The van der Waals surface area contributed by atoms with Crippen LogP contribution in [0.5, 0.6) is 11.5 Å². The Hall–Kier alpha value is -1.67. The van der Waals surface area contributed by atoms with Crippen molar-refractivity contribution in [3.05, 3.63) is 52.5 Å². The number of nitrogens with two attached hydrogens (primary N) is 1. The lowest BCUT2D eigenvalue weighted by Gasteiger charge is -2.12. The molecule has 0 saturated carbocycles. The van der Waals surface area contributed by atoms with Gasteiger partial charge in [0.25, 0.3) is 0 Å². The molecule has 17 heavy (non-hydrogen) atoms. The molecule has 0 radical (unpaired) electrons. The maximum atomic E-state index is 6.07. The van der Waals surface area contributed by atoms with E-state index in [1.807, 2.05) is 32.0 Å². The highest BCUT2D eigenvalue weighted by Crippen LogP contribution is 2.35. The van der Waals surface area contributed by atoms with E-state index in [9.17, 15) is 0 Å². The number of aryl methyl sites for hydroxylation is 2. The predicted molar refractivity (Wildman–Crippen MR) is 71.9 cm³/mol. The minimum absolute atomic E-state index is 0.517. The van der Waals surface area contributed by atoms with Crippen molar-refractivity contribution in [2.24, 2.45) is 0 Å². The Balaban J connectivity index is 2.41. The monoisotopic (exact) mass is 247 g/mol. The Morgan fingerprint density at radius 3 is 2.59 bits per heavy atom. The van der Waals surface area contributed by atoms with E-state index < -0.39 is 0 Å². The van der Waals surface area contributed by atoms with Gasteiger partial charge in [-0.05, 0) is 43.2 Å². The van der Waals surface area contributed by atoms with Gasteiger partial charge in [0.1, 0.15) is 5.75 Å². The molecule has 2 N–H and O–H groups in total. The van der Waals surface area contributed by atoms with Gasteiger partial charge in [0.2, 0.25) is 0 Å². The van der Waals surface area contributed by atoms with Crippen LogP contribution < -0.4 is 10.5 Å². The Labute approximate surface area is 106 Å². The molecule has 0 fully saturated rings. The van der Waals surface area contributed by atoms with Crippen LogP contribution in [-0.4, -0.2) is 0 Å². The first kappa shape index (κ1) is 11.8. The fourth-order valence-electron chi connectivity index (χ4n) is 1.56. The third-order valence-electron chi connectivity index (χ3n) is 2.55. The number of benzene rings is 2. The first-order valence-corrected chi connectivity index (χ1v) is 5.75. The molecular formula is C14H14ClNO. The molecule has 0 atom stereocenters. The summed E-state index contributed by atoms with van der Waals surface area (Å²) in [6, 6.07) is 11.4. The summed E-state index contributed by atoms with van der Waals surface area (Å²) in [7, 11) is 0. The van der Waals surface area contributed by atoms with E-state index in [2.05, 4.69) is 0 Å². The lowest BCUT2D eigenvalue weighted by atomic mass is 10.1. The van der Waals surface area contributed by atoms with Gasteiger partial charge in [-0.2, -0.15) is 0 Å². The van der Waals surface area contributed by atoms with Gasteiger partial charge in [-0.15, -0.1) is 0 Å². The van der Waals surface area contributed by atoms with Crippen molar-refractivity contribution in [1.29, 1.82) is 0 Å². The van der Waals surface area contributed by atoms with Crippen molar-refractivity contribution in [2.45, 2.75) is 13.8 Å². The van der Waals surface area contributed by atoms with Crippen LogP contribution in [0.2, 0.25) is 5.02 Å². The Morgan fingerprint density at radius 1 is 1.12 bits per heavy atom. The normalized spacial score (nSPS) is 10.3. The van der Waals surface area contributed by atoms with Gasteiger partial charge >= 0.3 is 0 Å². The smallest absolute Gasteiger partial charge is 0.168 e. The van der Waals surface area contributed by atoms with Crippen LogP contribution in [0.1, 0.15) is 11.1 Å². The van der Waals surface area contributed by atoms with Crippen molar-refractivity contribution < 1.29 is 4.74 Å². The quantitative estimate of drug-likeness (QED) is 0.802. The van der Waals surface area contributed by atoms with Gasteiger partial charge in [-0.25, -0.2) is 0 Å². The van der Waals surface area contributed by atoms with E-state index >= 15 is 0 Å². The summed E-state index contributed by atoms with van der Waals surface area (Å²) in [5.41, 5.74) is 8.57. The molecule has 88 valence electrons. The SMILES string of the molecule is Cc1ccc(C)c(Oc2c(N)cccc2Cl)c1. The lowest BCUT2D eigenvalue weighted by Crippen LogP contribution is -1.94. The van der Waals surface area contributed by atoms with Gasteiger partial charge in [0, 0.05) is 0 Å². The summed E-state index contributed by atoms with van der Waals surface area (Å²) in [5, 5.41) is 0.519. The number of hydrogen-bond donors (Lipinski definition) is 1. The average molecular weight is 248 g/mol. The van der Waals surface area contributed by atoms with Gasteiger partial charge in [0.15, 0.2) is 5.75 Å². The summed E-state index contributed by atoms with van der Waals surface area (Å²) in [6.07, 6.45) is 0. The summed E-state index contributed by atoms with van der Waals surface area (Å²) in [5.74, 6) is 1.30. The molecule has 0 saturated heterocycles. The molecule has 0 aliphatic carbocycles. The van der Waals surface area contributed by atoms with Crippen molar-refractivity contribution in [2.75, 3.05) is 5.73 Å². The molecule has 3 heteroatoms. The maximum absolute atomic E-state index is 6.07. The zero-order chi connectivity index (χ0) is 12.4. The zero-order valence-electron chi connectivity index (χ0n) is 9.83. The Kier molecular flexibility index (Phi) is 3.25. The number of ether oxygens (including phenoxy) is 1.